The summed E-state index contributed by atoms with van der Waals surface area (Å²) in [5.74, 6) is 1.13. The fourth-order valence-electron chi connectivity index (χ4n) is 1.68. The molecule has 0 amide bonds. The van der Waals surface area contributed by atoms with E-state index in [0.29, 0.717) is 6.04 Å². The number of hydrogen-bond acceptors (Lipinski definition) is 3. The minimum Gasteiger partial charge on any atom is -0.338 e. The molecule has 0 saturated carbocycles. The zero-order chi connectivity index (χ0) is 11.4. The van der Waals surface area contributed by atoms with Gasteiger partial charge >= 0.3 is 0 Å². The molecule has 0 aromatic carbocycles. The quantitative estimate of drug-likeness (QED) is 0.862. The van der Waals surface area contributed by atoms with E-state index in [4.69, 9.17) is 0 Å². The molecule has 2 aromatic rings. The molecule has 2 heterocycles. The van der Waals surface area contributed by atoms with Gasteiger partial charge in [0, 0.05) is 43.3 Å². The molecule has 0 aliphatic rings. The van der Waals surface area contributed by atoms with Crippen LogP contribution in [-0.2, 0) is 13.5 Å². The van der Waals surface area contributed by atoms with Crippen molar-refractivity contribution in [2.24, 2.45) is 7.05 Å². The van der Waals surface area contributed by atoms with Crippen LogP contribution in [0, 0.1) is 0 Å². The van der Waals surface area contributed by atoms with E-state index in [0.717, 1.165) is 18.8 Å². The molecule has 0 aliphatic carbocycles. The van der Waals surface area contributed by atoms with Crippen molar-refractivity contribution in [2.45, 2.75) is 19.4 Å². The summed E-state index contributed by atoms with van der Waals surface area (Å²) in [5.41, 5.74) is 0. The van der Waals surface area contributed by atoms with E-state index >= 15 is 0 Å². The van der Waals surface area contributed by atoms with Crippen LogP contribution in [-0.4, -0.2) is 16.1 Å². The molecule has 4 heteroatoms. The highest BCUT2D eigenvalue weighted by atomic mass is 32.1. The summed E-state index contributed by atoms with van der Waals surface area (Å²) in [6.07, 6.45) is 4.80. The first-order valence-electron chi connectivity index (χ1n) is 5.50. The number of rotatable bonds is 5. The van der Waals surface area contributed by atoms with Gasteiger partial charge < -0.3 is 9.88 Å². The normalized spacial score (nSPS) is 12.9. The zero-order valence-electron chi connectivity index (χ0n) is 9.68. The molecule has 86 valence electrons. The molecule has 0 bridgehead atoms. The molecule has 3 nitrogen and oxygen atoms in total. The molecule has 0 fully saturated rings. The van der Waals surface area contributed by atoms with Crippen LogP contribution in [0.4, 0.5) is 0 Å². The van der Waals surface area contributed by atoms with Gasteiger partial charge in [-0.05, 0) is 18.4 Å². The summed E-state index contributed by atoms with van der Waals surface area (Å²) < 4.78 is 2.07. The first-order valence-corrected chi connectivity index (χ1v) is 6.38. The molecule has 0 saturated heterocycles. The molecule has 1 unspecified atom stereocenters. The maximum Gasteiger partial charge on any atom is 0.109 e. The van der Waals surface area contributed by atoms with Crippen molar-refractivity contribution < 1.29 is 0 Å². The highest BCUT2D eigenvalue weighted by Gasteiger charge is 2.05. The van der Waals surface area contributed by atoms with E-state index in [2.05, 4.69) is 39.3 Å². The van der Waals surface area contributed by atoms with Gasteiger partial charge in [-0.3, -0.25) is 0 Å². The SMILES string of the molecule is CC(NCCc1nccn1C)c1cccs1. The zero-order valence-corrected chi connectivity index (χ0v) is 10.5. The van der Waals surface area contributed by atoms with Crippen LogP contribution in [0.2, 0.25) is 0 Å². The van der Waals surface area contributed by atoms with Crippen LogP contribution in [0.5, 0.6) is 0 Å². The van der Waals surface area contributed by atoms with Crippen molar-refractivity contribution in [3.63, 3.8) is 0 Å². The maximum absolute atomic E-state index is 4.30. The van der Waals surface area contributed by atoms with Crippen molar-refractivity contribution >= 4 is 11.3 Å². The Morgan fingerprint density at radius 2 is 2.44 bits per heavy atom. The highest BCUT2D eigenvalue weighted by Crippen LogP contribution is 2.17. The molecule has 0 aliphatic heterocycles. The number of aryl methyl sites for hydroxylation is 1. The summed E-state index contributed by atoms with van der Waals surface area (Å²) in [7, 11) is 2.03. The highest BCUT2D eigenvalue weighted by molar-refractivity contribution is 7.10. The molecule has 0 spiro atoms. The molecule has 0 radical (unpaired) electrons. The van der Waals surface area contributed by atoms with Crippen LogP contribution >= 0.6 is 11.3 Å². The standard InChI is InChI=1S/C12H17N3S/c1-10(11-4-3-9-16-11)13-6-5-12-14-7-8-15(12)2/h3-4,7-10,13H,5-6H2,1-2H3. The predicted octanol–water partition coefficient (Wildman–Crippen LogP) is 2.37. The lowest BCUT2D eigenvalue weighted by Gasteiger charge is -2.11. The van der Waals surface area contributed by atoms with Crippen molar-refractivity contribution in [2.75, 3.05) is 6.54 Å². The number of aromatic nitrogens is 2. The Labute approximate surface area is 100 Å². The second-order valence-corrected chi connectivity index (χ2v) is 4.87. The van der Waals surface area contributed by atoms with Gasteiger partial charge in [0.25, 0.3) is 0 Å². The van der Waals surface area contributed by atoms with Crippen LogP contribution in [0.15, 0.2) is 29.9 Å². The number of hydrogen-bond donors (Lipinski definition) is 1. The minimum absolute atomic E-state index is 0.431. The first kappa shape index (κ1) is 11.4. The van der Waals surface area contributed by atoms with Crippen LogP contribution in [0.25, 0.3) is 0 Å². The third kappa shape index (κ3) is 2.71. The van der Waals surface area contributed by atoms with Gasteiger partial charge in [0.15, 0.2) is 0 Å². The lowest BCUT2D eigenvalue weighted by Crippen LogP contribution is -2.21. The topological polar surface area (TPSA) is 29.9 Å². The lowest BCUT2D eigenvalue weighted by atomic mass is 10.2. The first-order chi connectivity index (χ1) is 7.77. The van der Waals surface area contributed by atoms with Crippen molar-refractivity contribution in [3.05, 3.63) is 40.6 Å². The largest absolute Gasteiger partial charge is 0.338 e. The van der Waals surface area contributed by atoms with Crippen LogP contribution < -0.4 is 5.32 Å². The number of imidazole rings is 1. The average Bonchev–Trinajstić information content (AvgIpc) is 2.90. The Morgan fingerprint density at radius 1 is 1.56 bits per heavy atom. The Morgan fingerprint density at radius 3 is 3.06 bits per heavy atom. The van der Waals surface area contributed by atoms with E-state index < -0.39 is 0 Å². The van der Waals surface area contributed by atoms with Crippen molar-refractivity contribution in [1.82, 2.24) is 14.9 Å². The minimum atomic E-state index is 0.431. The van der Waals surface area contributed by atoms with E-state index in [1.807, 2.05) is 19.4 Å². The van der Waals surface area contributed by atoms with E-state index in [1.54, 1.807) is 11.3 Å². The van der Waals surface area contributed by atoms with Gasteiger partial charge in [-0.1, -0.05) is 6.07 Å². The summed E-state index contributed by atoms with van der Waals surface area (Å²) in [6, 6.07) is 4.69. The Kier molecular flexibility index (Phi) is 3.74. The summed E-state index contributed by atoms with van der Waals surface area (Å²) in [4.78, 5) is 5.69. The van der Waals surface area contributed by atoms with Gasteiger partial charge in [0.1, 0.15) is 5.82 Å². The van der Waals surface area contributed by atoms with Crippen molar-refractivity contribution in [1.29, 1.82) is 0 Å². The second-order valence-electron chi connectivity index (χ2n) is 3.90. The molecule has 2 aromatic heterocycles. The molecule has 16 heavy (non-hydrogen) atoms. The lowest BCUT2D eigenvalue weighted by molar-refractivity contribution is 0.572. The molecule has 2 rings (SSSR count). The van der Waals surface area contributed by atoms with Crippen molar-refractivity contribution in [3.8, 4) is 0 Å². The monoisotopic (exact) mass is 235 g/mol. The second kappa shape index (κ2) is 5.27. The summed E-state index contributed by atoms with van der Waals surface area (Å²) >= 11 is 1.80. The molecular weight excluding hydrogens is 218 g/mol. The van der Waals surface area contributed by atoms with Gasteiger partial charge in [0.05, 0.1) is 0 Å². The fraction of sp³-hybridized carbons (Fsp3) is 0.417. The Bertz CT molecular complexity index is 419. The van der Waals surface area contributed by atoms with Gasteiger partial charge in [-0.15, -0.1) is 11.3 Å². The van der Waals surface area contributed by atoms with Gasteiger partial charge in [0.2, 0.25) is 0 Å². The molecule has 1 N–H and O–H groups in total. The molecular formula is C12H17N3S. The van der Waals surface area contributed by atoms with Gasteiger partial charge in [-0.2, -0.15) is 0 Å². The fourth-order valence-corrected chi connectivity index (χ4v) is 2.43. The van der Waals surface area contributed by atoms with Gasteiger partial charge in [-0.25, -0.2) is 4.98 Å². The molecule has 1 atom stereocenters. The maximum atomic E-state index is 4.30. The Hall–Kier alpha value is -1.13. The van der Waals surface area contributed by atoms with Crippen LogP contribution in [0.3, 0.4) is 0 Å². The Balaban J connectivity index is 1.78. The number of thiophene rings is 1. The van der Waals surface area contributed by atoms with Crippen LogP contribution in [0.1, 0.15) is 23.7 Å². The summed E-state index contributed by atoms with van der Waals surface area (Å²) in [5, 5.41) is 5.62. The smallest absolute Gasteiger partial charge is 0.109 e. The van der Waals surface area contributed by atoms with E-state index in [9.17, 15) is 0 Å². The predicted molar refractivity (Wildman–Crippen MR) is 67.6 cm³/mol. The number of nitrogens with one attached hydrogen (secondary N) is 1. The van der Waals surface area contributed by atoms with E-state index in [1.165, 1.54) is 4.88 Å². The third-order valence-corrected chi connectivity index (χ3v) is 3.75. The third-order valence-electron chi connectivity index (χ3n) is 2.69. The number of nitrogens with zero attached hydrogens (tertiary/aromatic N) is 2. The average molecular weight is 235 g/mol. The summed E-state index contributed by atoms with van der Waals surface area (Å²) in [6.45, 7) is 3.16. The van der Waals surface area contributed by atoms with E-state index in [-0.39, 0.29) is 0 Å².